The quantitative estimate of drug-likeness (QED) is 0.798. The third-order valence-corrected chi connectivity index (χ3v) is 2.98. The predicted molar refractivity (Wildman–Crippen MR) is 68.9 cm³/mol. The Morgan fingerprint density at radius 2 is 2.22 bits per heavy atom. The lowest BCUT2D eigenvalue weighted by Crippen LogP contribution is -2.12. The van der Waals surface area contributed by atoms with E-state index in [1.165, 1.54) is 6.20 Å². The average molecular weight is 267 g/mol. The van der Waals surface area contributed by atoms with Gasteiger partial charge in [-0.2, -0.15) is 10.2 Å². The molecule has 0 aromatic carbocycles. The maximum absolute atomic E-state index is 12.5. The van der Waals surface area contributed by atoms with Gasteiger partial charge in [-0.05, 0) is 13.3 Å². The molecule has 6 heteroatoms. The molecule has 0 bridgehead atoms. The van der Waals surface area contributed by atoms with Crippen LogP contribution in [0.15, 0.2) is 12.4 Å². The molecule has 2 aromatic rings. The van der Waals surface area contributed by atoms with Crippen LogP contribution in [0.25, 0.3) is 0 Å². The number of ketones is 1. The molecule has 0 saturated carbocycles. The molecule has 0 radical (unpaired) electrons. The van der Waals surface area contributed by atoms with Gasteiger partial charge < -0.3 is 0 Å². The summed E-state index contributed by atoms with van der Waals surface area (Å²) in [5.41, 5.74) is 1.70. The molecule has 5 nitrogen and oxygen atoms in total. The van der Waals surface area contributed by atoms with E-state index >= 15 is 0 Å². The summed E-state index contributed by atoms with van der Waals surface area (Å²) in [5, 5.41) is 8.68. The number of hydrogen-bond donors (Lipinski definition) is 0. The van der Waals surface area contributed by atoms with Crippen molar-refractivity contribution in [2.75, 3.05) is 0 Å². The second-order valence-electron chi connectivity index (χ2n) is 4.20. The Hall–Kier alpha value is -1.62. The van der Waals surface area contributed by atoms with Crippen molar-refractivity contribution in [1.82, 2.24) is 19.6 Å². The van der Waals surface area contributed by atoms with Crippen molar-refractivity contribution in [3.05, 3.63) is 34.4 Å². The van der Waals surface area contributed by atoms with Gasteiger partial charge in [-0.15, -0.1) is 0 Å². The fourth-order valence-electron chi connectivity index (χ4n) is 1.92. The molecule has 0 amide bonds. The number of rotatable bonds is 4. The van der Waals surface area contributed by atoms with Crippen molar-refractivity contribution >= 4 is 17.4 Å². The second kappa shape index (κ2) is 4.94. The summed E-state index contributed by atoms with van der Waals surface area (Å²) in [7, 11) is 1.79. The second-order valence-corrected chi connectivity index (χ2v) is 4.60. The monoisotopic (exact) mass is 266 g/mol. The largest absolute Gasteiger partial charge is 0.287 e. The minimum absolute atomic E-state index is 0.128. The van der Waals surface area contributed by atoms with Gasteiger partial charge in [0.25, 0.3) is 0 Å². The van der Waals surface area contributed by atoms with Gasteiger partial charge in [0.1, 0.15) is 5.69 Å². The molecule has 0 saturated heterocycles. The Bertz CT molecular complexity index is 585. The standard InChI is InChI=1S/C12H15ClN4O/c1-4-5-17-11(10(13)6-14-17)12(18)9-7-16(3)15-8(9)2/h6-7H,4-5H2,1-3H3. The maximum atomic E-state index is 12.5. The van der Waals surface area contributed by atoms with Crippen LogP contribution in [0.3, 0.4) is 0 Å². The lowest BCUT2D eigenvalue weighted by molar-refractivity contribution is 0.102. The van der Waals surface area contributed by atoms with E-state index in [2.05, 4.69) is 10.2 Å². The summed E-state index contributed by atoms with van der Waals surface area (Å²) in [4.78, 5) is 12.5. The van der Waals surface area contributed by atoms with E-state index in [0.29, 0.717) is 28.5 Å². The smallest absolute Gasteiger partial charge is 0.215 e. The van der Waals surface area contributed by atoms with E-state index in [1.54, 1.807) is 22.6 Å². The topological polar surface area (TPSA) is 52.7 Å². The van der Waals surface area contributed by atoms with E-state index < -0.39 is 0 Å². The Balaban J connectivity index is 2.45. The van der Waals surface area contributed by atoms with Gasteiger partial charge in [0.2, 0.25) is 5.78 Å². The SMILES string of the molecule is CCCn1ncc(Cl)c1C(=O)c1cn(C)nc1C. The highest BCUT2D eigenvalue weighted by Gasteiger charge is 2.22. The first-order valence-electron chi connectivity index (χ1n) is 5.80. The van der Waals surface area contributed by atoms with Crippen LogP contribution in [0, 0.1) is 6.92 Å². The number of aromatic nitrogens is 4. The van der Waals surface area contributed by atoms with Crippen LogP contribution in [-0.2, 0) is 13.6 Å². The van der Waals surface area contributed by atoms with Gasteiger partial charge in [-0.3, -0.25) is 14.2 Å². The molecule has 0 atom stereocenters. The molecular weight excluding hydrogens is 252 g/mol. The molecular formula is C12H15ClN4O. The van der Waals surface area contributed by atoms with Crippen LogP contribution in [0.5, 0.6) is 0 Å². The molecule has 2 rings (SSSR count). The first-order valence-corrected chi connectivity index (χ1v) is 6.18. The third-order valence-electron chi connectivity index (χ3n) is 2.70. The Kier molecular flexibility index (Phi) is 3.52. The summed E-state index contributed by atoms with van der Waals surface area (Å²) in [6.45, 7) is 4.51. The van der Waals surface area contributed by atoms with Crippen LogP contribution in [-0.4, -0.2) is 25.3 Å². The molecule has 96 valence electrons. The zero-order valence-electron chi connectivity index (χ0n) is 10.6. The molecule has 0 spiro atoms. The van der Waals surface area contributed by atoms with Crippen LogP contribution < -0.4 is 0 Å². The third kappa shape index (κ3) is 2.18. The first kappa shape index (κ1) is 12.8. The Morgan fingerprint density at radius 1 is 1.50 bits per heavy atom. The number of nitrogens with zero attached hydrogens (tertiary/aromatic N) is 4. The molecule has 0 N–H and O–H groups in total. The van der Waals surface area contributed by atoms with E-state index in [4.69, 9.17) is 11.6 Å². The molecule has 0 aliphatic heterocycles. The molecule has 2 aromatic heterocycles. The number of carbonyl (C=O) groups is 1. The van der Waals surface area contributed by atoms with Crippen LogP contribution >= 0.6 is 11.6 Å². The number of aryl methyl sites for hydroxylation is 3. The highest BCUT2D eigenvalue weighted by Crippen LogP contribution is 2.20. The van der Waals surface area contributed by atoms with Crippen molar-refractivity contribution in [2.45, 2.75) is 26.8 Å². The summed E-state index contributed by atoms with van der Waals surface area (Å²) in [6.07, 6.45) is 4.11. The predicted octanol–water partition coefficient (Wildman–Crippen LogP) is 2.22. The van der Waals surface area contributed by atoms with E-state index in [1.807, 2.05) is 13.8 Å². The van der Waals surface area contributed by atoms with Gasteiger partial charge in [0, 0.05) is 19.8 Å². The zero-order chi connectivity index (χ0) is 13.3. The fourth-order valence-corrected chi connectivity index (χ4v) is 2.15. The fraction of sp³-hybridized carbons (Fsp3) is 0.417. The van der Waals surface area contributed by atoms with Gasteiger partial charge in [-0.25, -0.2) is 0 Å². The van der Waals surface area contributed by atoms with Crippen LogP contribution in [0.2, 0.25) is 5.02 Å². The molecule has 18 heavy (non-hydrogen) atoms. The summed E-state index contributed by atoms with van der Waals surface area (Å²) < 4.78 is 3.27. The van der Waals surface area contributed by atoms with Crippen molar-refractivity contribution in [2.24, 2.45) is 7.05 Å². The lowest BCUT2D eigenvalue weighted by Gasteiger charge is -2.05. The normalized spacial score (nSPS) is 10.9. The summed E-state index contributed by atoms with van der Waals surface area (Å²) in [6, 6.07) is 0. The number of hydrogen-bond acceptors (Lipinski definition) is 3. The van der Waals surface area contributed by atoms with E-state index in [9.17, 15) is 4.79 Å². The van der Waals surface area contributed by atoms with Crippen molar-refractivity contribution in [3.8, 4) is 0 Å². The summed E-state index contributed by atoms with van der Waals surface area (Å²) >= 11 is 6.05. The highest BCUT2D eigenvalue weighted by atomic mass is 35.5. The van der Waals surface area contributed by atoms with Crippen LogP contribution in [0.1, 0.15) is 35.1 Å². The van der Waals surface area contributed by atoms with E-state index in [0.717, 1.165) is 6.42 Å². The average Bonchev–Trinajstić information content (AvgIpc) is 2.82. The van der Waals surface area contributed by atoms with Crippen molar-refractivity contribution in [1.29, 1.82) is 0 Å². The minimum atomic E-state index is -0.128. The number of carbonyl (C=O) groups excluding carboxylic acids is 1. The first-order chi connectivity index (χ1) is 8.54. The maximum Gasteiger partial charge on any atom is 0.215 e. The molecule has 2 heterocycles. The Morgan fingerprint density at radius 3 is 2.78 bits per heavy atom. The number of halogens is 1. The molecule has 0 aliphatic carbocycles. The van der Waals surface area contributed by atoms with Gasteiger partial charge in [0.15, 0.2) is 0 Å². The van der Waals surface area contributed by atoms with Crippen molar-refractivity contribution < 1.29 is 4.79 Å². The molecule has 0 unspecified atom stereocenters. The van der Waals surface area contributed by atoms with Gasteiger partial charge in [0.05, 0.1) is 22.5 Å². The molecule has 0 fully saturated rings. The van der Waals surface area contributed by atoms with E-state index in [-0.39, 0.29) is 5.78 Å². The minimum Gasteiger partial charge on any atom is -0.287 e. The highest BCUT2D eigenvalue weighted by molar-refractivity contribution is 6.34. The van der Waals surface area contributed by atoms with Crippen LogP contribution in [0.4, 0.5) is 0 Å². The van der Waals surface area contributed by atoms with Gasteiger partial charge in [-0.1, -0.05) is 18.5 Å². The Labute approximate surface area is 110 Å². The zero-order valence-corrected chi connectivity index (χ0v) is 11.4. The summed E-state index contributed by atoms with van der Waals surface area (Å²) in [5.74, 6) is -0.128. The van der Waals surface area contributed by atoms with Crippen molar-refractivity contribution in [3.63, 3.8) is 0 Å². The molecule has 0 aliphatic rings. The van der Waals surface area contributed by atoms with Gasteiger partial charge >= 0.3 is 0 Å². The lowest BCUT2D eigenvalue weighted by atomic mass is 10.1.